The van der Waals surface area contributed by atoms with Crippen molar-refractivity contribution in [1.82, 2.24) is 0 Å². The summed E-state index contributed by atoms with van der Waals surface area (Å²) in [6.45, 7) is 12.6. The van der Waals surface area contributed by atoms with Crippen molar-refractivity contribution in [3.63, 3.8) is 0 Å². The average Bonchev–Trinajstić information content (AvgIpc) is 2.25. The zero-order valence-corrected chi connectivity index (χ0v) is 16.1. The number of nitrogens with two attached hydrogens (primary N) is 1. The molecule has 0 radical (unpaired) electrons. The number of Topliss-reactive ketones (excluding diaryl/α,β-unsaturated/α-hetero) is 1. The number of ether oxygens (including phenoxy) is 1. The van der Waals surface area contributed by atoms with Crippen LogP contribution in [0.15, 0.2) is 12.2 Å². The third-order valence-corrected chi connectivity index (χ3v) is 1.78. The molecular weight excluding hydrogens is 362 g/mol. The summed E-state index contributed by atoms with van der Waals surface area (Å²) in [6, 6.07) is -0.108. The van der Waals surface area contributed by atoms with Crippen LogP contribution in [0, 0.1) is 0 Å². The molecule has 20 heavy (non-hydrogen) atoms. The van der Waals surface area contributed by atoms with Crippen LogP contribution in [0.1, 0.15) is 41.0 Å². The van der Waals surface area contributed by atoms with Gasteiger partial charge in [0.1, 0.15) is 12.4 Å². The van der Waals surface area contributed by atoms with Gasteiger partial charge in [-0.15, -0.1) is 23.3 Å². The normalized spacial score (nSPS) is 11.1. The number of thiol groups is 2. The fourth-order valence-electron chi connectivity index (χ4n) is 0.922. The Bertz CT molecular complexity index is 302. The number of carbonyl (C=O) groups excluding carboxylic acids is 2. The maximum Gasteiger partial charge on any atom is 0.333 e. The highest BCUT2D eigenvalue weighted by atomic mass is 79.9. The molecule has 0 spiro atoms. The molecule has 1 unspecified atom stereocenters. The van der Waals surface area contributed by atoms with E-state index in [1.807, 2.05) is 13.8 Å². The molecule has 0 aliphatic heterocycles. The Morgan fingerprint density at radius 1 is 1.35 bits per heavy atom. The number of carbonyl (C=O) groups is 2. The van der Waals surface area contributed by atoms with Crippen LogP contribution in [0.3, 0.4) is 0 Å². The van der Waals surface area contributed by atoms with Crippen LogP contribution in [0.5, 0.6) is 0 Å². The lowest BCUT2D eigenvalue weighted by Crippen LogP contribution is -2.24. The molecule has 0 aliphatic rings. The third kappa shape index (κ3) is 26.6. The molecule has 0 saturated heterocycles. The van der Waals surface area contributed by atoms with Gasteiger partial charge in [0.25, 0.3) is 0 Å². The Labute approximate surface area is 141 Å². The van der Waals surface area contributed by atoms with Gasteiger partial charge in [0.05, 0.1) is 0 Å². The van der Waals surface area contributed by atoms with E-state index in [0.717, 1.165) is 0 Å². The highest BCUT2D eigenvalue weighted by molar-refractivity contribution is 9.10. The van der Waals surface area contributed by atoms with E-state index in [1.165, 1.54) is 0 Å². The Hall–Kier alpha value is 0.0200. The van der Waals surface area contributed by atoms with Crippen molar-refractivity contribution in [2.75, 3.05) is 6.61 Å². The summed E-state index contributed by atoms with van der Waals surface area (Å²) in [7, 11) is 0. The predicted octanol–water partition coefficient (Wildman–Crippen LogP) is 3.35. The van der Waals surface area contributed by atoms with E-state index >= 15 is 0 Å². The van der Waals surface area contributed by atoms with Gasteiger partial charge in [-0.25, -0.2) is 4.79 Å². The number of hydrogen-bond donors (Lipinski definition) is 3. The molecule has 0 heterocycles. The third-order valence-electron chi connectivity index (χ3n) is 1.50. The number of rotatable bonds is 5. The standard InChI is InChI=1S/C7H13NO2.C6H11BrO.H2S2/c1-5(2)7(9)10-4-6(3)8;1-5(8)4-6(2,3)7;1-2/h6H,1,4,8H2,2-3H3;4H2,1-3H3;1-2H. The lowest BCUT2D eigenvalue weighted by Gasteiger charge is -2.11. The summed E-state index contributed by atoms with van der Waals surface area (Å²) in [5.74, 6) is -0.149. The number of ketones is 1. The van der Waals surface area contributed by atoms with E-state index in [0.29, 0.717) is 12.0 Å². The van der Waals surface area contributed by atoms with E-state index in [1.54, 1.807) is 20.8 Å². The molecule has 4 nitrogen and oxygen atoms in total. The van der Waals surface area contributed by atoms with Crippen molar-refractivity contribution in [2.24, 2.45) is 5.73 Å². The highest BCUT2D eigenvalue weighted by Gasteiger charge is 2.14. The minimum atomic E-state index is -0.377. The van der Waals surface area contributed by atoms with Crippen LogP contribution in [0.2, 0.25) is 0 Å². The fraction of sp³-hybridized carbons (Fsp3) is 0.692. The fourth-order valence-corrected chi connectivity index (χ4v) is 1.32. The van der Waals surface area contributed by atoms with E-state index in [4.69, 9.17) is 10.5 Å². The minimum Gasteiger partial charge on any atom is -0.461 e. The van der Waals surface area contributed by atoms with Gasteiger partial charge in [0.15, 0.2) is 0 Å². The van der Waals surface area contributed by atoms with Crippen molar-refractivity contribution >= 4 is 51.0 Å². The summed E-state index contributed by atoms with van der Waals surface area (Å²) >= 11 is 9.80. The highest BCUT2D eigenvalue weighted by Crippen LogP contribution is 2.19. The van der Waals surface area contributed by atoms with Gasteiger partial charge in [0.2, 0.25) is 0 Å². The second-order valence-corrected chi connectivity index (χ2v) is 7.10. The van der Waals surface area contributed by atoms with Crippen LogP contribution in [0.25, 0.3) is 0 Å². The van der Waals surface area contributed by atoms with Gasteiger partial charge in [-0.05, 0) is 34.6 Å². The smallest absolute Gasteiger partial charge is 0.333 e. The summed E-state index contributed by atoms with van der Waals surface area (Å²) in [5.41, 5.74) is 5.74. The van der Waals surface area contributed by atoms with Crippen molar-refractivity contribution < 1.29 is 14.3 Å². The molecule has 2 N–H and O–H groups in total. The summed E-state index contributed by atoms with van der Waals surface area (Å²) in [4.78, 5) is 21.1. The Kier molecular flexibility index (Phi) is 17.5. The first-order valence-corrected chi connectivity index (χ1v) is 8.31. The van der Waals surface area contributed by atoms with E-state index in [-0.39, 0.29) is 28.7 Å². The van der Waals surface area contributed by atoms with Crippen molar-refractivity contribution in [3.8, 4) is 0 Å². The van der Waals surface area contributed by atoms with Gasteiger partial charge in [-0.3, -0.25) is 4.79 Å². The molecule has 120 valence electrons. The molecule has 0 amide bonds. The summed E-state index contributed by atoms with van der Waals surface area (Å²) in [6.07, 6.45) is 0.604. The van der Waals surface area contributed by atoms with Crippen LogP contribution in [0.4, 0.5) is 0 Å². The van der Waals surface area contributed by atoms with Crippen LogP contribution in [-0.4, -0.2) is 28.7 Å². The molecule has 0 fully saturated rings. The number of esters is 1. The van der Waals surface area contributed by atoms with E-state index in [2.05, 4.69) is 45.8 Å². The van der Waals surface area contributed by atoms with Crippen molar-refractivity contribution in [3.05, 3.63) is 12.2 Å². The molecular formula is C13H26BrNO3S2. The molecule has 0 aliphatic carbocycles. The Balaban J connectivity index is -0.000000262. The van der Waals surface area contributed by atoms with Gasteiger partial charge < -0.3 is 10.5 Å². The second kappa shape index (κ2) is 14.0. The molecule has 0 aromatic carbocycles. The van der Waals surface area contributed by atoms with E-state index in [9.17, 15) is 9.59 Å². The SMILES string of the molecule is C=C(C)C(=O)OCC(C)N.CC(=O)CC(C)(C)Br.SS. The first-order chi connectivity index (χ1) is 8.95. The molecule has 7 heteroatoms. The van der Waals surface area contributed by atoms with Crippen LogP contribution in [-0.2, 0) is 14.3 Å². The van der Waals surface area contributed by atoms with Crippen molar-refractivity contribution in [1.29, 1.82) is 0 Å². The zero-order chi connectivity index (χ0) is 16.9. The lowest BCUT2D eigenvalue weighted by atomic mass is 10.1. The molecule has 0 aromatic heterocycles. The zero-order valence-electron chi connectivity index (χ0n) is 12.8. The molecule has 0 rings (SSSR count). The van der Waals surface area contributed by atoms with Crippen molar-refractivity contribution in [2.45, 2.75) is 51.4 Å². The predicted molar refractivity (Wildman–Crippen MR) is 95.7 cm³/mol. The van der Waals surface area contributed by atoms with E-state index < -0.39 is 0 Å². The maximum atomic E-state index is 10.7. The average molecular weight is 388 g/mol. The van der Waals surface area contributed by atoms with Crippen LogP contribution >= 0.6 is 39.3 Å². The topological polar surface area (TPSA) is 69.4 Å². The summed E-state index contributed by atoms with van der Waals surface area (Å²) < 4.78 is 4.69. The second-order valence-electron chi connectivity index (χ2n) is 4.95. The first kappa shape index (κ1) is 25.0. The van der Waals surface area contributed by atoms with Gasteiger partial charge in [-0.2, -0.15) is 0 Å². The Morgan fingerprint density at radius 3 is 1.90 bits per heavy atom. The number of hydrogen-bond acceptors (Lipinski definition) is 6. The number of halogens is 1. The van der Waals surface area contributed by atoms with Gasteiger partial charge in [-0.1, -0.05) is 22.5 Å². The minimum absolute atomic E-state index is 0.0150. The first-order valence-electron chi connectivity index (χ1n) is 5.92. The maximum absolute atomic E-state index is 10.7. The Morgan fingerprint density at radius 2 is 1.75 bits per heavy atom. The van der Waals surface area contributed by atoms with Gasteiger partial charge >= 0.3 is 5.97 Å². The largest absolute Gasteiger partial charge is 0.461 e. The quantitative estimate of drug-likeness (QED) is 0.222. The monoisotopic (exact) mass is 387 g/mol. The lowest BCUT2D eigenvalue weighted by molar-refractivity contribution is -0.139. The molecule has 0 bridgehead atoms. The molecule has 0 saturated carbocycles. The van der Waals surface area contributed by atoms with Crippen LogP contribution < -0.4 is 5.73 Å². The van der Waals surface area contributed by atoms with Gasteiger partial charge in [0, 0.05) is 22.4 Å². The molecule has 1 atom stereocenters. The molecule has 0 aromatic rings. The summed E-state index contributed by atoms with van der Waals surface area (Å²) in [5, 5.41) is 0. The number of alkyl halides is 1.